The number of hydrogen-bond acceptors (Lipinski definition) is 6. The third-order valence-electron chi connectivity index (χ3n) is 6.40. The third kappa shape index (κ3) is 6.31. The first-order chi connectivity index (χ1) is 18.7. The van der Waals surface area contributed by atoms with Crippen LogP contribution < -0.4 is 14.4 Å². The van der Waals surface area contributed by atoms with Crippen molar-refractivity contribution in [3.05, 3.63) is 52.6 Å². The molecule has 0 unspecified atom stereocenters. The van der Waals surface area contributed by atoms with Gasteiger partial charge in [0, 0.05) is 30.3 Å². The van der Waals surface area contributed by atoms with E-state index >= 15 is 0 Å². The summed E-state index contributed by atoms with van der Waals surface area (Å²) in [5, 5.41) is 0. The van der Waals surface area contributed by atoms with Gasteiger partial charge in [-0.3, -0.25) is 9.80 Å². The van der Waals surface area contributed by atoms with Gasteiger partial charge in [0.1, 0.15) is 11.5 Å². The van der Waals surface area contributed by atoms with Gasteiger partial charge in [-0.1, -0.05) is 0 Å². The predicted molar refractivity (Wildman–Crippen MR) is 130 cm³/mol. The lowest BCUT2D eigenvalue weighted by atomic mass is 9.89. The van der Waals surface area contributed by atoms with Gasteiger partial charge in [-0.05, 0) is 44.0 Å². The van der Waals surface area contributed by atoms with Crippen molar-refractivity contribution in [2.45, 2.75) is 51.2 Å². The van der Waals surface area contributed by atoms with Gasteiger partial charge in [0.25, 0.3) is 0 Å². The number of alkyl halides is 6. The zero-order valence-corrected chi connectivity index (χ0v) is 22.3. The Morgan fingerprint density at radius 2 is 1.55 bits per heavy atom. The summed E-state index contributed by atoms with van der Waals surface area (Å²) in [6, 6.07) is 2.46. The van der Waals surface area contributed by atoms with Gasteiger partial charge in [-0.2, -0.15) is 26.3 Å². The van der Waals surface area contributed by atoms with E-state index in [1.165, 1.54) is 31.3 Å². The number of ether oxygens (including phenoxy) is 4. The number of nitrogens with zero attached hydrogens (tertiary/aromatic N) is 2. The van der Waals surface area contributed by atoms with E-state index in [4.69, 9.17) is 18.9 Å². The Balaban J connectivity index is 2.22. The van der Waals surface area contributed by atoms with Gasteiger partial charge >= 0.3 is 24.5 Å². The molecule has 1 aliphatic rings. The average molecular weight is 579 g/mol. The van der Waals surface area contributed by atoms with Crippen LogP contribution in [0.25, 0.3) is 0 Å². The second-order valence-electron chi connectivity index (χ2n) is 8.94. The van der Waals surface area contributed by atoms with Crippen molar-refractivity contribution in [2.75, 3.05) is 32.8 Å². The molecule has 8 nitrogen and oxygen atoms in total. The Morgan fingerprint density at radius 1 is 0.950 bits per heavy atom. The second kappa shape index (κ2) is 11.7. The Bertz CT molecular complexity index is 1220. The minimum atomic E-state index is -5.07. The first-order valence-electron chi connectivity index (χ1n) is 12.0. The van der Waals surface area contributed by atoms with E-state index in [-0.39, 0.29) is 41.8 Å². The van der Waals surface area contributed by atoms with Crippen LogP contribution in [0, 0.1) is 0 Å². The van der Waals surface area contributed by atoms with Crippen LogP contribution in [0.1, 0.15) is 48.6 Å². The lowest BCUT2D eigenvalue weighted by molar-refractivity contribution is -0.143. The molecular formula is C26H28F6N2O6. The normalized spacial score (nSPS) is 17.1. The Kier molecular flexibility index (Phi) is 9.00. The van der Waals surface area contributed by atoms with Gasteiger partial charge in [0.05, 0.1) is 50.8 Å². The Morgan fingerprint density at radius 3 is 2.02 bits per heavy atom. The van der Waals surface area contributed by atoms with E-state index in [0.29, 0.717) is 12.1 Å². The zero-order chi connectivity index (χ0) is 30.0. The number of carbonyl (C=O) groups is 2. The van der Waals surface area contributed by atoms with E-state index in [9.17, 15) is 35.9 Å². The first-order valence-corrected chi connectivity index (χ1v) is 12.0. The highest BCUT2D eigenvalue weighted by molar-refractivity contribution is 5.91. The fraction of sp³-hybridized carbons (Fsp3) is 0.462. The molecule has 2 aromatic carbocycles. The standard InChI is InChI=1S/C26H28F6N2O6/c1-6-40-24(36)34-14(2)7-19(22-20(34)11-18(37-3)12-21(22)38-4)33(23(35)39-5)13-15-8-16(25(27,28)29)10-17(9-15)26(30,31)32/h8-12,14,19H,6-7,13H2,1-5H3/t14-,19+/m1/s1. The number of benzene rings is 2. The number of rotatable bonds is 6. The van der Waals surface area contributed by atoms with E-state index in [2.05, 4.69) is 0 Å². The summed E-state index contributed by atoms with van der Waals surface area (Å²) >= 11 is 0. The first kappa shape index (κ1) is 30.7. The van der Waals surface area contributed by atoms with Gasteiger partial charge in [-0.25, -0.2) is 9.59 Å². The molecule has 0 saturated carbocycles. The molecule has 0 saturated heterocycles. The summed E-state index contributed by atoms with van der Waals surface area (Å²) in [6.07, 6.45) is -11.8. The molecule has 3 rings (SSSR count). The van der Waals surface area contributed by atoms with Crippen molar-refractivity contribution in [3.63, 3.8) is 0 Å². The number of anilines is 1. The van der Waals surface area contributed by atoms with Crippen LogP contribution in [0.3, 0.4) is 0 Å². The largest absolute Gasteiger partial charge is 0.497 e. The summed E-state index contributed by atoms with van der Waals surface area (Å²) in [5.74, 6) is 0.449. The number of halogens is 6. The molecule has 0 N–H and O–H groups in total. The number of methoxy groups -OCH3 is 3. The average Bonchev–Trinajstić information content (AvgIpc) is 2.88. The molecule has 220 valence electrons. The smallest absolute Gasteiger partial charge is 0.416 e. The minimum absolute atomic E-state index is 0.0104. The quantitative estimate of drug-likeness (QED) is 0.351. The fourth-order valence-electron chi connectivity index (χ4n) is 4.67. The van der Waals surface area contributed by atoms with Crippen LogP contribution in [0.15, 0.2) is 30.3 Å². The highest BCUT2D eigenvalue weighted by Gasteiger charge is 2.42. The van der Waals surface area contributed by atoms with Crippen molar-refractivity contribution >= 4 is 17.9 Å². The van der Waals surface area contributed by atoms with Crippen molar-refractivity contribution < 1.29 is 54.9 Å². The van der Waals surface area contributed by atoms with Crippen LogP contribution in [0.5, 0.6) is 11.5 Å². The monoisotopic (exact) mass is 578 g/mol. The number of fused-ring (bicyclic) bond motifs is 1. The summed E-state index contributed by atoms with van der Waals surface area (Å²) in [4.78, 5) is 28.2. The molecule has 2 aromatic rings. The SMILES string of the molecule is CCOC(=O)N1c2cc(OC)cc(OC)c2[C@@H](N(Cc2cc(C(F)(F)F)cc(C(F)(F)F)c2)C(=O)OC)C[C@H]1C. The predicted octanol–water partition coefficient (Wildman–Crippen LogP) is 6.81. The lowest BCUT2D eigenvalue weighted by Gasteiger charge is -2.43. The molecule has 0 spiro atoms. The van der Waals surface area contributed by atoms with Crippen LogP contribution in [0.2, 0.25) is 0 Å². The molecule has 0 bridgehead atoms. The molecule has 40 heavy (non-hydrogen) atoms. The summed E-state index contributed by atoms with van der Waals surface area (Å²) in [6.45, 7) is 2.66. The van der Waals surface area contributed by atoms with Gasteiger partial charge in [-0.15, -0.1) is 0 Å². The van der Waals surface area contributed by atoms with Crippen molar-refractivity contribution in [1.29, 1.82) is 0 Å². The highest BCUT2D eigenvalue weighted by Crippen LogP contribution is 2.48. The summed E-state index contributed by atoms with van der Waals surface area (Å²) in [5.41, 5.74) is -2.97. The van der Waals surface area contributed by atoms with E-state index in [1.807, 2.05) is 0 Å². The number of carbonyl (C=O) groups excluding carboxylic acids is 2. The van der Waals surface area contributed by atoms with Crippen LogP contribution in [0.4, 0.5) is 41.6 Å². The van der Waals surface area contributed by atoms with Crippen LogP contribution in [-0.2, 0) is 28.4 Å². The maximum Gasteiger partial charge on any atom is 0.416 e. The fourth-order valence-corrected chi connectivity index (χ4v) is 4.67. The minimum Gasteiger partial charge on any atom is -0.497 e. The van der Waals surface area contributed by atoms with E-state index < -0.39 is 59.9 Å². The van der Waals surface area contributed by atoms with Crippen molar-refractivity contribution in [2.24, 2.45) is 0 Å². The third-order valence-corrected chi connectivity index (χ3v) is 6.40. The van der Waals surface area contributed by atoms with Crippen LogP contribution >= 0.6 is 0 Å². The highest BCUT2D eigenvalue weighted by atomic mass is 19.4. The van der Waals surface area contributed by atoms with Crippen LogP contribution in [-0.4, -0.2) is 51.1 Å². The Labute approximate surface area is 226 Å². The second-order valence-corrected chi connectivity index (χ2v) is 8.94. The van der Waals surface area contributed by atoms with Gasteiger partial charge in [0.2, 0.25) is 0 Å². The maximum absolute atomic E-state index is 13.5. The van der Waals surface area contributed by atoms with Crippen molar-refractivity contribution in [3.8, 4) is 11.5 Å². The number of amides is 2. The summed E-state index contributed by atoms with van der Waals surface area (Å²) in [7, 11) is 3.74. The molecule has 0 aliphatic carbocycles. The molecule has 0 fully saturated rings. The molecule has 1 aliphatic heterocycles. The van der Waals surface area contributed by atoms with Gasteiger partial charge < -0.3 is 18.9 Å². The van der Waals surface area contributed by atoms with Crippen molar-refractivity contribution in [1.82, 2.24) is 4.90 Å². The molecular weight excluding hydrogens is 550 g/mol. The Hall–Kier alpha value is -3.84. The topological polar surface area (TPSA) is 77.5 Å². The van der Waals surface area contributed by atoms with Gasteiger partial charge in [0.15, 0.2) is 0 Å². The van der Waals surface area contributed by atoms with E-state index in [1.54, 1.807) is 13.8 Å². The molecule has 14 heteroatoms. The molecule has 0 aromatic heterocycles. The summed E-state index contributed by atoms with van der Waals surface area (Å²) < 4.78 is 102. The lowest BCUT2D eigenvalue weighted by Crippen LogP contribution is -2.47. The number of hydrogen-bond donors (Lipinski definition) is 0. The molecule has 2 atom stereocenters. The maximum atomic E-state index is 13.5. The van der Waals surface area contributed by atoms with E-state index in [0.717, 1.165) is 12.0 Å². The zero-order valence-electron chi connectivity index (χ0n) is 22.3. The molecule has 0 radical (unpaired) electrons. The molecule has 2 amide bonds. The molecule has 1 heterocycles.